The number of non-ortho nitro benzene ring substituents is 1. The molecule has 0 bridgehead atoms. The Morgan fingerprint density at radius 3 is 2.27 bits per heavy atom. The summed E-state index contributed by atoms with van der Waals surface area (Å²) in [5.41, 5.74) is 0.698. The number of hydrogen-bond acceptors (Lipinski definition) is 5. The van der Waals surface area contributed by atoms with Crippen LogP contribution in [0.25, 0.3) is 0 Å². The topological polar surface area (TPSA) is 70.8 Å². The molecular formula is C14H22BNO5Si. The van der Waals surface area contributed by atoms with Gasteiger partial charge in [0.2, 0.25) is 0 Å². The molecule has 1 aromatic rings. The maximum absolute atomic E-state index is 10.7. The van der Waals surface area contributed by atoms with Gasteiger partial charge in [0, 0.05) is 37.4 Å². The largest absolute Gasteiger partial charge is 0.493 e. The zero-order valence-electron chi connectivity index (χ0n) is 13.5. The van der Waals surface area contributed by atoms with Gasteiger partial charge in [0.05, 0.1) is 4.92 Å². The number of nitro benzene ring substituents is 1. The van der Waals surface area contributed by atoms with Crippen LogP contribution < -0.4 is 5.46 Å². The second kappa shape index (κ2) is 6.49. The molecule has 0 radical (unpaired) electrons. The van der Waals surface area contributed by atoms with Crippen molar-refractivity contribution in [3.63, 3.8) is 0 Å². The molecule has 8 heteroatoms. The Bertz CT molecular complexity index is 523. The van der Waals surface area contributed by atoms with Gasteiger partial charge < -0.3 is 13.7 Å². The van der Waals surface area contributed by atoms with E-state index in [2.05, 4.69) is 26.6 Å². The summed E-state index contributed by atoms with van der Waals surface area (Å²) in [4.78, 5) is 10.2. The van der Waals surface area contributed by atoms with Gasteiger partial charge in [0.25, 0.3) is 5.69 Å². The summed E-state index contributed by atoms with van der Waals surface area (Å²) in [6, 6.07) is 6.27. The highest BCUT2D eigenvalue weighted by molar-refractivity contribution is 6.69. The summed E-state index contributed by atoms with van der Waals surface area (Å²) in [6.07, 6.45) is 0. The van der Waals surface area contributed by atoms with Crippen LogP contribution in [0, 0.1) is 15.5 Å². The second-order valence-electron chi connectivity index (χ2n) is 7.01. The van der Waals surface area contributed by atoms with Gasteiger partial charge in [-0.2, -0.15) is 0 Å². The van der Waals surface area contributed by atoms with Crippen LogP contribution in [0.2, 0.25) is 19.6 Å². The lowest BCUT2D eigenvalue weighted by Gasteiger charge is -2.37. The lowest BCUT2D eigenvalue weighted by atomic mass is 9.76. The number of hydrogen-bond donors (Lipinski definition) is 0. The number of benzene rings is 1. The van der Waals surface area contributed by atoms with Gasteiger partial charge in [-0.05, 0) is 25.1 Å². The second-order valence-corrected chi connectivity index (χ2v) is 11.5. The lowest BCUT2D eigenvalue weighted by molar-refractivity contribution is -0.384. The van der Waals surface area contributed by atoms with Crippen LogP contribution in [0.4, 0.5) is 5.69 Å². The lowest BCUT2D eigenvalue weighted by Crippen LogP contribution is -2.51. The van der Waals surface area contributed by atoms with Gasteiger partial charge in [0.1, 0.15) is 0 Å². The van der Waals surface area contributed by atoms with E-state index in [9.17, 15) is 10.1 Å². The monoisotopic (exact) mass is 323 g/mol. The van der Waals surface area contributed by atoms with E-state index in [1.165, 1.54) is 12.1 Å². The average Bonchev–Trinajstić information content (AvgIpc) is 2.46. The first-order chi connectivity index (χ1) is 10.2. The number of nitro groups is 1. The third kappa shape index (κ3) is 4.64. The van der Waals surface area contributed by atoms with Crippen LogP contribution in [-0.4, -0.2) is 40.2 Å². The predicted molar refractivity (Wildman–Crippen MR) is 87.8 cm³/mol. The molecule has 1 aliphatic heterocycles. The van der Waals surface area contributed by atoms with Gasteiger partial charge >= 0.3 is 7.12 Å². The maximum atomic E-state index is 10.7. The SMILES string of the molecule is CC1(CO[Si](C)(C)C)COB(c2ccc([N+](=O)[O-])cc2)OC1. The number of nitrogens with zero attached hydrogens (tertiary/aromatic N) is 1. The van der Waals surface area contributed by atoms with Crippen LogP contribution >= 0.6 is 0 Å². The predicted octanol–water partition coefficient (Wildman–Crippen LogP) is 2.19. The molecule has 0 atom stereocenters. The van der Waals surface area contributed by atoms with E-state index in [-0.39, 0.29) is 11.1 Å². The van der Waals surface area contributed by atoms with Crippen LogP contribution in [0.3, 0.4) is 0 Å². The Morgan fingerprint density at radius 1 is 1.27 bits per heavy atom. The van der Waals surface area contributed by atoms with Crippen molar-refractivity contribution in [2.45, 2.75) is 26.6 Å². The highest BCUT2D eigenvalue weighted by atomic mass is 28.4. The Balaban J connectivity index is 1.92. The van der Waals surface area contributed by atoms with Crippen molar-refractivity contribution in [2.75, 3.05) is 19.8 Å². The van der Waals surface area contributed by atoms with E-state index in [4.69, 9.17) is 13.7 Å². The average molecular weight is 323 g/mol. The summed E-state index contributed by atoms with van der Waals surface area (Å²) in [7, 11) is -2.03. The smallest absolute Gasteiger partial charge is 0.417 e. The van der Waals surface area contributed by atoms with Crippen molar-refractivity contribution < 1.29 is 18.7 Å². The Morgan fingerprint density at radius 2 is 1.82 bits per heavy atom. The molecule has 0 aromatic heterocycles. The van der Waals surface area contributed by atoms with Crippen molar-refractivity contribution >= 4 is 26.6 Å². The molecule has 0 spiro atoms. The van der Waals surface area contributed by atoms with Crippen LogP contribution in [-0.2, 0) is 13.7 Å². The highest BCUT2D eigenvalue weighted by Crippen LogP contribution is 2.25. The minimum absolute atomic E-state index is 0.0629. The zero-order valence-corrected chi connectivity index (χ0v) is 14.5. The molecular weight excluding hydrogens is 301 g/mol. The fourth-order valence-electron chi connectivity index (χ4n) is 2.06. The fraction of sp³-hybridized carbons (Fsp3) is 0.571. The van der Waals surface area contributed by atoms with Crippen LogP contribution in [0.5, 0.6) is 0 Å². The third-order valence-corrected chi connectivity index (χ3v) is 4.41. The standard InChI is InChI=1S/C14H22BNO5Si/c1-14(11-21-22(2,3)4)9-19-15(20-10-14)12-5-7-13(8-6-12)16(17)18/h5-8H,9-11H2,1-4H3. The first-order valence-corrected chi connectivity index (χ1v) is 10.7. The van der Waals surface area contributed by atoms with Crippen LogP contribution in [0.1, 0.15) is 6.92 Å². The molecule has 0 amide bonds. The zero-order chi connectivity index (χ0) is 16.4. The minimum Gasteiger partial charge on any atom is -0.417 e. The van der Waals surface area contributed by atoms with Crippen molar-refractivity contribution in [1.82, 2.24) is 0 Å². The fourth-order valence-corrected chi connectivity index (χ4v) is 2.84. The molecule has 6 nitrogen and oxygen atoms in total. The van der Waals surface area contributed by atoms with Crippen molar-refractivity contribution in [3.05, 3.63) is 34.4 Å². The number of rotatable bonds is 5. The molecule has 1 aliphatic rings. The van der Waals surface area contributed by atoms with Crippen molar-refractivity contribution in [3.8, 4) is 0 Å². The first kappa shape index (κ1) is 17.1. The van der Waals surface area contributed by atoms with E-state index >= 15 is 0 Å². The quantitative estimate of drug-likeness (QED) is 0.472. The van der Waals surface area contributed by atoms with E-state index in [1.807, 2.05) is 0 Å². The molecule has 2 rings (SSSR count). The molecule has 0 saturated carbocycles. The van der Waals surface area contributed by atoms with Gasteiger partial charge in [-0.15, -0.1) is 0 Å². The summed E-state index contributed by atoms with van der Waals surface area (Å²) in [5, 5.41) is 10.7. The molecule has 1 aromatic carbocycles. The molecule has 0 N–H and O–H groups in total. The van der Waals surface area contributed by atoms with Crippen molar-refractivity contribution in [1.29, 1.82) is 0 Å². The molecule has 1 saturated heterocycles. The maximum Gasteiger partial charge on any atom is 0.493 e. The molecule has 1 fully saturated rings. The molecule has 0 aliphatic carbocycles. The third-order valence-electron chi connectivity index (χ3n) is 3.40. The van der Waals surface area contributed by atoms with Gasteiger partial charge in [0.15, 0.2) is 8.32 Å². The Hall–Kier alpha value is -1.22. The summed E-state index contributed by atoms with van der Waals surface area (Å²) < 4.78 is 17.5. The molecule has 0 unspecified atom stereocenters. The van der Waals surface area contributed by atoms with Gasteiger partial charge in [-0.3, -0.25) is 10.1 Å². The van der Waals surface area contributed by atoms with E-state index in [0.29, 0.717) is 19.8 Å². The molecule has 1 heterocycles. The van der Waals surface area contributed by atoms with E-state index < -0.39 is 20.4 Å². The Kier molecular flexibility index (Phi) is 5.06. The van der Waals surface area contributed by atoms with Gasteiger partial charge in [-0.25, -0.2) is 0 Å². The van der Waals surface area contributed by atoms with Crippen molar-refractivity contribution in [2.24, 2.45) is 5.41 Å². The normalized spacial score (nSPS) is 18.3. The first-order valence-electron chi connectivity index (χ1n) is 7.30. The molecule has 22 heavy (non-hydrogen) atoms. The van der Waals surface area contributed by atoms with Crippen LogP contribution in [0.15, 0.2) is 24.3 Å². The minimum atomic E-state index is -1.56. The van der Waals surface area contributed by atoms with Gasteiger partial charge in [-0.1, -0.05) is 19.1 Å². The highest BCUT2D eigenvalue weighted by Gasteiger charge is 2.37. The summed E-state index contributed by atoms with van der Waals surface area (Å²) in [5.74, 6) is 0. The van der Waals surface area contributed by atoms with E-state index in [0.717, 1.165) is 5.46 Å². The molecule has 120 valence electrons. The summed E-state index contributed by atoms with van der Waals surface area (Å²) >= 11 is 0. The summed E-state index contributed by atoms with van der Waals surface area (Å²) in [6.45, 7) is 10.2. The Labute approximate surface area is 132 Å². The van der Waals surface area contributed by atoms with E-state index in [1.54, 1.807) is 12.1 Å².